The van der Waals surface area contributed by atoms with E-state index < -0.39 is 5.97 Å². The Labute approximate surface area is 58.5 Å². The summed E-state index contributed by atoms with van der Waals surface area (Å²) < 4.78 is 4.82. The highest BCUT2D eigenvalue weighted by Crippen LogP contribution is 2.05. The number of rotatable bonds is 3. The molecule has 10 heavy (non-hydrogen) atoms. The Morgan fingerprint density at radius 3 is 3.20 bits per heavy atom. The number of hydrogen-bond acceptors (Lipinski definition) is 3. The molecule has 0 unspecified atom stereocenters. The van der Waals surface area contributed by atoms with Crippen molar-refractivity contribution < 1.29 is 14.6 Å². The smallest absolute Gasteiger partial charge is 0.303 e. The van der Waals surface area contributed by atoms with Crippen LogP contribution in [0.3, 0.4) is 0 Å². The first-order valence-corrected chi connectivity index (χ1v) is 3.05. The van der Waals surface area contributed by atoms with Crippen LogP contribution < -0.4 is 5.32 Å². The fraction of sp³-hybridized carbons (Fsp3) is 0.500. The summed E-state index contributed by atoms with van der Waals surface area (Å²) in [6, 6.07) is 0. The van der Waals surface area contributed by atoms with Crippen LogP contribution in [0.2, 0.25) is 0 Å². The van der Waals surface area contributed by atoms with E-state index in [1.54, 1.807) is 6.26 Å². The van der Waals surface area contributed by atoms with Crippen LogP contribution in [0.5, 0.6) is 0 Å². The Bertz CT molecular complexity index is 164. The minimum absolute atomic E-state index is 0.155. The zero-order chi connectivity index (χ0) is 7.40. The van der Waals surface area contributed by atoms with Crippen molar-refractivity contribution in [3.8, 4) is 0 Å². The highest BCUT2D eigenvalue weighted by atomic mass is 16.5. The molecule has 0 spiro atoms. The van der Waals surface area contributed by atoms with Crippen molar-refractivity contribution in [3.05, 3.63) is 12.0 Å². The second-order valence-electron chi connectivity index (χ2n) is 2.02. The lowest BCUT2D eigenvalue weighted by Crippen LogP contribution is -2.09. The van der Waals surface area contributed by atoms with E-state index in [1.807, 2.05) is 0 Å². The van der Waals surface area contributed by atoms with Gasteiger partial charge in [0, 0.05) is 12.1 Å². The normalized spacial score (nSPS) is 15.4. The summed E-state index contributed by atoms with van der Waals surface area (Å²) >= 11 is 0. The maximum absolute atomic E-state index is 10.1. The molecule has 0 aromatic carbocycles. The van der Waals surface area contributed by atoms with E-state index in [9.17, 15) is 4.79 Å². The first-order chi connectivity index (χ1) is 4.79. The molecule has 0 amide bonds. The summed E-state index contributed by atoms with van der Waals surface area (Å²) in [5, 5.41) is 11.2. The Morgan fingerprint density at radius 1 is 1.90 bits per heavy atom. The number of carboxylic acid groups (broad SMARTS) is 1. The van der Waals surface area contributed by atoms with Gasteiger partial charge in [-0.05, 0) is 0 Å². The number of ether oxygens (including phenoxy) is 1. The van der Waals surface area contributed by atoms with Crippen LogP contribution >= 0.6 is 0 Å². The van der Waals surface area contributed by atoms with E-state index in [4.69, 9.17) is 9.84 Å². The zero-order valence-corrected chi connectivity index (χ0v) is 5.46. The molecule has 0 saturated heterocycles. The van der Waals surface area contributed by atoms with Crippen molar-refractivity contribution in [2.75, 3.05) is 6.73 Å². The van der Waals surface area contributed by atoms with Crippen LogP contribution in [0.15, 0.2) is 12.0 Å². The summed E-state index contributed by atoms with van der Waals surface area (Å²) in [7, 11) is 0. The molecule has 56 valence electrons. The Hall–Kier alpha value is -1.19. The number of carboxylic acids is 1. The van der Waals surface area contributed by atoms with Crippen molar-refractivity contribution in [1.29, 1.82) is 0 Å². The van der Waals surface area contributed by atoms with Crippen molar-refractivity contribution in [3.63, 3.8) is 0 Å². The monoisotopic (exact) mass is 143 g/mol. The topological polar surface area (TPSA) is 58.6 Å². The van der Waals surface area contributed by atoms with Crippen molar-refractivity contribution >= 4 is 5.97 Å². The molecule has 2 N–H and O–H groups in total. The van der Waals surface area contributed by atoms with Crippen molar-refractivity contribution in [1.82, 2.24) is 5.32 Å². The number of carbonyl (C=O) groups is 1. The third-order valence-corrected chi connectivity index (χ3v) is 1.22. The van der Waals surface area contributed by atoms with Crippen LogP contribution in [-0.2, 0) is 9.53 Å². The minimum Gasteiger partial charge on any atom is -0.481 e. The minimum atomic E-state index is -0.783. The molecular weight excluding hydrogens is 134 g/mol. The molecule has 0 bridgehead atoms. The van der Waals surface area contributed by atoms with Gasteiger partial charge in [-0.25, -0.2) is 0 Å². The molecule has 0 fully saturated rings. The van der Waals surface area contributed by atoms with Gasteiger partial charge in [0.1, 0.15) is 6.26 Å². The lowest BCUT2D eigenvalue weighted by molar-refractivity contribution is -0.136. The summed E-state index contributed by atoms with van der Waals surface area (Å²) in [5.74, 6) is -0.783. The first kappa shape index (κ1) is 6.92. The van der Waals surface area contributed by atoms with E-state index in [2.05, 4.69) is 5.32 Å². The third kappa shape index (κ3) is 1.97. The molecule has 1 heterocycles. The molecule has 1 rings (SSSR count). The largest absolute Gasteiger partial charge is 0.481 e. The van der Waals surface area contributed by atoms with E-state index in [-0.39, 0.29) is 6.42 Å². The quantitative estimate of drug-likeness (QED) is 0.595. The van der Waals surface area contributed by atoms with Gasteiger partial charge in [0.05, 0.1) is 6.42 Å². The molecule has 1 aliphatic rings. The van der Waals surface area contributed by atoms with E-state index in [0.29, 0.717) is 13.2 Å². The predicted molar refractivity (Wildman–Crippen MR) is 34.0 cm³/mol. The SMILES string of the molecule is O=C(O)CCC1=COCN1. The predicted octanol–water partition coefficient (Wildman–Crippen LogP) is 0.270. The fourth-order valence-electron chi connectivity index (χ4n) is 0.707. The standard InChI is InChI=1S/C6H9NO3/c8-6(9)2-1-5-3-10-4-7-5/h3,7H,1-2,4H2,(H,8,9). The zero-order valence-electron chi connectivity index (χ0n) is 5.46. The maximum Gasteiger partial charge on any atom is 0.303 e. The van der Waals surface area contributed by atoms with Gasteiger partial charge in [-0.15, -0.1) is 0 Å². The summed E-state index contributed by atoms with van der Waals surface area (Å²) in [6.45, 7) is 0.467. The van der Waals surface area contributed by atoms with Crippen LogP contribution in [-0.4, -0.2) is 17.8 Å². The lowest BCUT2D eigenvalue weighted by atomic mass is 10.2. The Morgan fingerprint density at radius 2 is 2.70 bits per heavy atom. The summed E-state index contributed by atoms with van der Waals surface area (Å²) in [6.07, 6.45) is 2.24. The van der Waals surface area contributed by atoms with Gasteiger partial charge in [-0.3, -0.25) is 4.79 Å². The molecule has 0 radical (unpaired) electrons. The molecule has 1 aliphatic heterocycles. The van der Waals surface area contributed by atoms with Gasteiger partial charge < -0.3 is 15.2 Å². The molecule has 0 aromatic rings. The second kappa shape index (κ2) is 3.10. The molecule has 0 aromatic heterocycles. The average Bonchev–Trinajstić information content (AvgIpc) is 2.34. The van der Waals surface area contributed by atoms with Crippen LogP contribution in [0.4, 0.5) is 0 Å². The van der Waals surface area contributed by atoms with Gasteiger partial charge >= 0.3 is 5.97 Å². The molecule has 0 saturated carbocycles. The second-order valence-corrected chi connectivity index (χ2v) is 2.02. The highest BCUT2D eigenvalue weighted by molar-refractivity contribution is 5.66. The van der Waals surface area contributed by atoms with Gasteiger partial charge in [0.15, 0.2) is 6.73 Å². The number of allylic oxidation sites excluding steroid dienone is 1. The summed E-state index contributed by atoms with van der Waals surface area (Å²) in [5.41, 5.74) is 0.863. The molecular formula is C6H9NO3. The number of aliphatic carboxylic acids is 1. The number of hydrogen-bond donors (Lipinski definition) is 2. The van der Waals surface area contributed by atoms with Crippen LogP contribution in [0.25, 0.3) is 0 Å². The first-order valence-electron chi connectivity index (χ1n) is 3.05. The molecule has 4 heteroatoms. The highest BCUT2D eigenvalue weighted by Gasteiger charge is 2.05. The third-order valence-electron chi connectivity index (χ3n) is 1.22. The fourth-order valence-corrected chi connectivity index (χ4v) is 0.707. The van der Waals surface area contributed by atoms with Gasteiger partial charge in [-0.1, -0.05) is 0 Å². The van der Waals surface area contributed by atoms with Crippen LogP contribution in [0, 0.1) is 0 Å². The van der Waals surface area contributed by atoms with E-state index in [0.717, 1.165) is 5.70 Å². The lowest BCUT2D eigenvalue weighted by Gasteiger charge is -1.96. The maximum atomic E-state index is 10.1. The number of nitrogens with one attached hydrogen (secondary N) is 1. The van der Waals surface area contributed by atoms with Gasteiger partial charge in [0.2, 0.25) is 0 Å². The van der Waals surface area contributed by atoms with E-state index in [1.165, 1.54) is 0 Å². The van der Waals surface area contributed by atoms with Crippen molar-refractivity contribution in [2.45, 2.75) is 12.8 Å². The van der Waals surface area contributed by atoms with Gasteiger partial charge in [-0.2, -0.15) is 0 Å². The molecule has 0 atom stereocenters. The Kier molecular flexibility index (Phi) is 2.15. The van der Waals surface area contributed by atoms with Gasteiger partial charge in [0.25, 0.3) is 0 Å². The molecule has 0 aliphatic carbocycles. The Balaban J connectivity index is 2.19. The molecule has 4 nitrogen and oxygen atoms in total. The summed E-state index contributed by atoms with van der Waals surface area (Å²) in [4.78, 5) is 10.1. The average molecular weight is 143 g/mol. The van der Waals surface area contributed by atoms with Crippen molar-refractivity contribution in [2.24, 2.45) is 0 Å². The van der Waals surface area contributed by atoms with Crippen LogP contribution in [0.1, 0.15) is 12.8 Å². The van der Waals surface area contributed by atoms with E-state index >= 15 is 0 Å².